The Morgan fingerprint density at radius 1 is 1.16 bits per heavy atom. The maximum Gasteiger partial charge on any atom is 0.417 e. The highest BCUT2D eigenvalue weighted by atomic mass is 79.9. The number of likely N-dealkylation sites (tertiary alicyclic amines) is 1. The first-order valence-corrected chi connectivity index (χ1v) is 10.7. The molecule has 10 heteroatoms. The van der Waals surface area contributed by atoms with Crippen LogP contribution in [0.15, 0.2) is 46.9 Å². The number of methoxy groups -OCH3 is 1. The van der Waals surface area contributed by atoms with Gasteiger partial charge in [0.25, 0.3) is 0 Å². The minimum Gasteiger partial charge on any atom is -0.467 e. The first kappa shape index (κ1) is 22.7. The van der Waals surface area contributed by atoms with Crippen LogP contribution < -0.4 is 9.64 Å². The Morgan fingerprint density at radius 3 is 2.53 bits per heavy atom. The molecule has 0 bridgehead atoms. The van der Waals surface area contributed by atoms with Gasteiger partial charge in [-0.2, -0.15) is 23.1 Å². The van der Waals surface area contributed by atoms with Crippen molar-refractivity contribution in [2.45, 2.75) is 24.9 Å². The average Bonchev–Trinajstić information content (AvgIpc) is 3.11. The zero-order valence-corrected chi connectivity index (χ0v) is 19.0. The number of ether oxygens (including phenoxy) is 1. The lowest BCUT2D eigenvalue weighted by Gasteiger charge is -2.28. The van der Waals surface area contributed by atoms with E-state index < -0.39 is 24.0 Å². The predicted octanol–water partition coefficient (Wildman–Crippen LogP) is 5.08. The van der Waals surface area contributed by atoms with Gasteiger partial charge < -0.3 is 9.64 Å². The molecule has 1 aromatic heterocycles. The SMILES string of the molecule is COc1nc(N(C)C2CN(Cc3ccccc3)CC2F)c2cc(C(F)(F)F)c(Br)cc2n1. The third-order valence-corrected chi connectivity index (χ3v) is 6.26. The number of rotatable bonds is 5. The zero-order valence-electron chi connectivity index (χ0n) is 17.4. The van der Waals surface area contributed by atoms with E-state index in [1.165, 1.54) is 13.2 Å². The Morgan fingerprint density at radius 2 is 1.88 bits per heavy atom. The number of fused-ring (bicyclic) bond motifs is 1. The van der Waals surface area contributed by atoms with Crippen LogP contribution in [0.3, 0.4) is 0 Å². The van der Waals surface area contributed by atoms with Crippen LogP contribution in [-0.4, -0.2) is 54.3 Å². The largest absolute Gasteiger partial charge is 0.467 e. The number of aromatic nitrogens is 2. The molecule has 2 unspecified atom stereocenters. The van der Waals surface area contributed by atoms with E-state index in [4.69, 9.17) is 4.74 Å². The molecule has 0 N–H and O–H groups in total. The highest BCUT2D eigenvalue weighted by Gasteiger charge is 2.38. The second-order valence-electron chi connectivity index (χ2n) is 7.75. The van der Waals surface area contributed by atoms with E-state index in [2.05, 4.69) is 25.9 Å². The molecule has 2 atom stereocenters. The summed E-state index contributed by atoms with van der Waals surface area (Å²) in [6, 6.07) is 11.4. The molecule has 0 radical (unpaired) electrons. The standard InChI is InChI=1S/C22H21BrF4N4O/c1-30(19-12-31(11-17(19)24)10-13-6-4-3-5-7-13)20-14-8-15(22(25,26)27)16(23)9-18(14)28-21(29-20)32-2/h3-9,17,19H,10-12H2,1-2H3. The van der Waals surface area contributed by atoms with Gasteiger partial charge in [0.2, 0.25) is 0 Å². The van der Waals surface area contributed by atoms with Crippen molar-refractivity contribution in [1.82, 2.24) is 14.9 Å². The second kappa shape index (κ2) is 8.82. The lowest BCUT2D eigenvalue weighted by Crippen LogP contribution is -2.40. The van der Waals surface area contributed by atoms with Crippen molar-refractivity contribution in [1.29, 1.82) is 0 Å². The van der Waals surface area contributed by atoms with Gasteiger partial charge in [0.15, 0.2) is 0 Å². The van der Waals surface area contributed by atoms with Crippen LogP contribution in [0.2, 0.25) is 0 Å². The molecule has 4 rings (SSSR count). The van der Waals surface area contributed by atoms with Crippen LogP contribution in [0.4, 0.5) is 23.4 Å². The van der Waals surface area contributed by atoms with Gasteiger partial charge >= 0.3 is 12.2 Å². The Balaban J connectivity index is 1.69. The van der Waals surface area contributed by atoms with Crippen molar-refractivity contribution in [3.05, 3.63) is 58.1 Å². The molecule has 1 fully saturated rings. The molecule has 2 aromatic carbocycles. The minimum atomic E-state index is -4.56. The predicted molar refractivity (Wildman–Crippen MR) is 118 cm³/mol. The molecule has 0 saturated carbocycles. The molecule has 5 nitrogen and oxygen atoms in total. The third-order valence-electron chi connectivity index (χ3n) is 5.61. The van der Waals surface area contributed by atoms with Gasteiger partial charge in [0.1, 0.15) is 12.0 Å². The molecule has 1 aliphatic rings. The van der Waals surface area contributed by atoms with Crippen molar-refractivity contribution in [3.63, 3.8) is 0 Å². The normalized spacial score (nSPS) is 19.5. The zero-order chi connectivity index (χ0) is 23.0. The van der Waals surface area contributed by atoms with E-state index >= 15 is 4.39 Å². The molecule has 1 aliphatic heterocycles. The summed E-state index contributed by atoms with van der Waals surface area (Å²) in [7, 11) is 3.01. The van der Waals surface area contributed by atoms with Crippen molar-refractivity contribution in [2.24, 2.45) is 0 Å². The Hall–Kier alpha value is -2.46. The minimum absolute atomic E-state index is 0.000514. The molecule has 1 saturated heterocycles. The molecule has 170 valence electrons. The average molecular weight is 513 g/mol. The summed E-state index contributed by atoms with van der Waals surface area (Å²) in [5.74, 6) is 0.194. The molecule has 3 aromatic rings. The quantitative estimate of drug-likeness (QED) is 0.446. The van der Waals surface area contributed by atoms with E-state index in [0.29, 0.717) is 13.1 Å². The molecule has 0 spiro atoms. The maximum absolute atomic E-state index is 15.0. The van der Waals surface area contributed by atoms with E-state index in [9.17, 15) is 13.2 Å². The van der Waals surface area contributed by atoms with Gasteiger partial charge in [0.05, 0.1) is 24.2 Å². The summed E-state index contributed by atoms with van der Waals surface area (Å²) in [6.45, 7) is 1.22. The number of halogens is 5. The lowest BCUT2D eigenvalue weighted by atomic mass is 10.1. The van der Waals surface area contributed by atoms with Gasteiger partial charge in [0, 0.05) is 36.5 Å². The van der Waals surface area contributed by atoms with Crippen molar-refractivity contribution >= 4 is 32.7 Å². The number of anilines is 1. The summed E-state index contributed by atoms with van der Waals surface area (Å²) in [6.07, 6.45) is -5.76. The highest BCUT2D eigenvalue weighted by molar-refractivity contribution is 9.10. The molecule has 32 heavy (non-hydrogen) atoms. The number of likely N-dealkylation sites (N-methyl/N-ethyl adjacent to an activating group) is 1. The fourth-order valence-electron chi connectivity index (χ4n) is 4.01. The van der Waals surface area contributed by atoms with E-state index in [1.54, 1.807) is 11.9 Å². The summed E-state index contributed by atoms with van der Waals surface area (Å²) >= 11 is 2.97. The van der Waals surface area contributed by atoms with Crippen LogP contribution in [-0.2, 0) is 12.7 Å². The summed E-state index contributed by atoms with van der Waals surface area (Å²) in [5.41, 5.74) is 0.493. The van der Waals surface area contributed by atoms with Gasteiger partial charge in [-0.15, -0.1) is 0 Å². The summed E-state index contributed by atoms with van der Waals surface area (Å²) in [5, 5.41) is 0.178. The van der Waals surface area contributed by atoms with Crippen LogP contribution in [0.25, 0.3) is 10.9 Å². The number of benzene rings is 2. The second-order valence-corrected chi connectivity index (χ2v) is 8.61. The van der Waals surface area contributed by atoms with Crippen LogP contribution in [0.5, 0.6) is 6.01 Å². The highest BCUT2D eigenvalue weighted by Crippen LogP contribution is 2.39. The van der Waals surface area contributed by atoms with Gasteiger partial charge in [-0.1, -0.05) is 46.3 Å². The Bertz CT molecular complexity index is 1110. The first-order chi connectivity index (χ1) is 15.2. The van der Waals surface area contributed by atoms with Crippen LogP contribution >= 0.6 is 15.9 Å². The third kappa shape index (κ3) is 4.52. The first-order valence-electron chi connectivity index (χ1n) is 9.93. The molecular weight excluding hydrogens is 492 g/mol. The lowest BCUT2D eigenvalue weighted by molar-refractivity contribution is -0.138. The molecule has 0 amide bonds. The van der Waals surface area contributed by atoms with Crippen LogP contribution in [0, 0.1) is 0 Å². The number of nitrogens with zero attached hydrogens (tertiary/aromatic N) is 4. The van der Waals surface area contributed by atoms with Crippen LogP contribution in [0.1, 0.15) is 11.1 Å². The van der Waals surface area contributed by atoms with E-state index in [1.807, 2.05) is 35.2 Å². The maximum atomic E-state index is 15.0. The number of hydrogen-bond acceptors (Lipinski definition) is 5. The van der Waals surface area contributed by atoms with Gasteiger partial charge in [-0.3, -0.25) is 4.90 Å². The Labute approximate surface area is 191 Å². The van der Waals surface area contributed by atoms with Crippen molar-refractivity contribution < 1.29 is 22.3 Å². The van der Waals surface area contributed by atoms with Crippen molar-refractivity contribution in [3.8, 4) is 6.01 Å². The topological polar surface area (TPSA) is 41.5 Å². The Kier molecular flexibility index (Phi) is 6.26. The molecular formula is C22H21BrF4N4O. The number of alkyl halides is 4. The smallest absolute Gasteiger partial charge is 0.417 e. The number of hydrogen-bond donors (Lipinski definition) is 0. The van der Waals surface area contributed by atoms with E-state index in [0.717, 1.165) is 11.6 Å². The monoisotopic (exact) mass is 512 g/mol. The van der Waals surface area contributed by atoms with Crippen molar-refractivity contribution in [2.75, 3.05) is 32.1 Å². The summed E-state index contributed by atoms with van der Waals surface area (Å²) < 4.78 is 60.6. The summed E-state index contributed by atoms with van der Waals surface area (Å²) in [4.78, 5) is 12.0. The fraction of sp³-hybridized carbons (Fsp3) is 0.364. The van der Waals surface area contributed by atoms with E-state index in [-0.39, 0.29) is 33.7 Å². The van der Waals surface area contributed by atoms with Gasteiger partial charge in [-0.25, -0.2) is 4.39 Å². The van der Waals surface area contributed by atoms with Gasteiger partial charge in [-0.05, 0) is 17.7 Å². The molecule has 2 heterocycles. The molecule has 0 aliphatic carbocycles. The fourth-order valence-corrected chi connectivity index (χ4v) is 4.56.